The zero-order valence-electron chi connectivity index (χ0n) is 19.0. The Morgan fingerprint density at radius 2 is 1.73 bits per heavy atom. The van der Waals surface area contributed by atoms with Crippen LogP contribution in [0.5, 0.6) is 5.75 Å². The third-order valence-corrected chi connectivity index (χ3v) is 6.15. The molecule has 0 aliphatic carbocycles. The van der Waals surface area contributed by atoms with E-state index in [1.807, 2.05) is 19.1 Å². The fourth-order valence-electron chi connectivity index (χ4n) is 4.20. The van der Waals surface area contributed by atoms with E-state index in [2.05, 4.69) is 4.90 Å². The lowest BCUT2D eigenvalue weighted by Crippen LogP contribution is -2.49. The molecule has 4 rings (SSSR count). The van der Waals surface area contributed by atoms with Crippen molar-refractivity contribution >= 4 is 23.4 Å². The van der Waals surface area contributed by atoms with Crippen LogP contribution < -0.4 is 9.64 Å². The SMILES string of the molecule is COc1ccc(C(=O)N(CCN2CCOCC2)C2CC(=O)N(c3ccc(C)cc3)C2=O)cc1. The van der Waals surface area contributed by atoms with Crippen molar-refractivity contribution in [2.45, 2.75) is 19.4 Å². The number of aryl methyl sites for hydroxylation is 1. The van der Waals surface area contributed by atoms with E-state index in [-0.39, 0.29) is 24.1 Å². The summed E-state index contributed by atoms with van der Waals surface area (Å²) in [5, 5.41) is 0. The number of hydrogen-bond acceptors (Lipinski definition) is 6. The van der Waals surface area contributed by atoms with Gasteiger partial charge in [0, 0.05) is 31.7 Å². The molecule has 1 unspecified atom stereocenters. The molecule has 0 bridgehead atoms. The zero-order chi connectivity index (χ0) is 23.4. The van der Waals surface area contributed by atoms with Crippen LogP contribution in [0.3, 0.4) is 0 Å². The minimum absolute atomic E-state index is 0.0300. The van der Waals surface area contributed by atoms with Gasteiger partial charge >= 0.3 is 0 Å². The van der Waals surface area contributed by atoms with Crippen LogP contribution in [-0.4, -0.2) is 80.1 Å². The molecule has 3 amide bonds. The summed E-state index contributed by atoms with van der Waals surface area (Å²) in [4.78, 5) is 44.7. The van der Waals surface area contributed by atoms with E-state index in [0.29, 0.717) is 43.3 Å². The van der Waals surface area contributed by atoms with Crippen LogP contribution in [0.4, 0.5) is 5.69 Å². The Morgan fingerprint density at radius 1 is 1.06 bits per heavy atom. The molecule has 8 heteroatoms. The predicted molar refractivity (Wildman–Crippen MR) is 123 cm³/mol. The number of morpholine rings is 1. The van der Waals surface area contributed by atoms with Gasteiger partial charge in [-0.2, -0.15) is 0 Å². The van der Waals surface area contributed by atoms with Gasteiger partial charge in [0.2, 0.25) is 5.91 Å². The third-order valence-electron chi connectivity index (χ3n) is 6.15. The van der Waals surface area contributed by atoms with Gasteiger partial charge in [-0.3, -0.25) is 19.3 Å². The summed E-state index contributed by atoms with van der Waals surface area (Å²) < 4.78 is 10.6. The molecule has 0 aromatic heterocycles. The Balaban J connectivity index is 1.58. The second-order valence-electron chi connectivity index (χ2n) is 8.30. The third kappa shape index (κ3) is 5.07. The van der Waals surface area contributed by atoms with Gasteiger partial charge in [-0.05, 0) is 43.3 Å². The van der Waals surface area contributed by atoms with E-state index in [0.717, 1.165) is 18.7 Å². The normalized spacial score (nSPS) is 19.1. The minimum Gasteiger partial charge on any atom is -0.497 e. The number of methoxy groups -OCH3 is 1. The molecule has 2 aliphatic rings. The average molecular weight is 452 g/mol. The molecule has 174 valence electrons. The quantitative estimate of drug-likeness (QED) is 0.600. The highest BCUT2D eigenvalue weighted by atomic mass is 16.5. The Hall–Kier alpha value is -3.23. The molecule has 2 fully saturated rings. The lowest BCUT2D eigenvalue weighted by atomic mass is 10.1. The molecule has 2 aromatic carbocycles. The molecular weight excluding hydrogens is 422 g/mol. The monoisotopic (exact) mass is 451 g/mol. The molecule has 8 nitrogen and oxygen atoms in total. The summed E-state index contributed by atoms with van der Waals surface area (Å²) in [7, 11) is 1.56. The van der Waals surface area contributed by atoms with Gasteiger partial charge in [-0.15, -0.1) is 0 Å². The van der Waals surface area contributed by atoms with Crippen LogP contribution in [-0.2, 0) is 14.3 Å². The van der Waals surface area contributed by atoms with E-state index in [1.54, 1.807) is 48.4 Å². The number of amides is 3. The molecule has 0 radical (unpaired) electrons. The second kappa shape index (κ2) is 10.1. The lowest BCUT2D eigenvalue weighted by Gasteiger charge is -2.32. The molecule has 1 atom stereocenters. The summed E-state index contributed by atoms with van der Waals surface area (Å²) in [6, 6.07) is 13.2. The first-order valence-electron chi connectivity index (χ1n) is 11.2. The summed E-state index contributed by atoms with van der Waals surface area (Å²) in [5.41, 5.74) is 2.02. The van der Waals surface area contributed by atoms with Gasteiger partial charge in [0.15, 0.2) is 0 Å². The number of rotatable bonds is 7. The number of carbonyl (C=O) groups excluding carboxylic acids is 3. The highest BCUT2D eigenvalue weighted by Crippen LogP contribution is 2.27. The zero-order valence-corrected chi connectivity index (χ0v) is 19.0. The summed E-state index contributed by atoms with van der Waals surface area (Å²) >= 11 is 0. The Labute approximate surface area is 193 Å². The maximum atomic E-state index is 13.5. The number of anilines is 1. The molecule has 2 heterocycles. The Bertz CT molecular complexity index is 1000. The topological polar surface area (TPSA) is 79.4 Å². The highest BCUT2D eigenvalue weighted by molar-refractivity contribution is 6.23. The number of imide groups is 1. The van der Waals surface area contributed by atoms with Crippen molar-refractivity contribution < 1.29 is 23.9 Å². The van der Waals surface area contributed by atoms with Gasteiger partial charge < -0.3 is 14.4 Å². The summed E-state index contributed by atoms with van der Waals surface area (Å²) in [5.74, 6) is -0.299. The number of hydrogen-bond donors (Lipinski definition) is 0. The minimum atomic E-state index is -0.838. The molecule has 0 saturated carbocycles. The molecule has 2 saturated heterocycles. The first-order valence-corrected chi connectivity index (χ1v) is 11.2. The van der Waals surface area contributed by atoms with E-state index in [4.69, 9.17) is 9.47 Å². The Kier molecular flexibility index (Phi) is 7.05. The van der Waals surface area contributed by atoms with Crippen molar-refractivity contribution in [2.75, 3.05) is 51.4 Å². The van der Waals surface area contributed by atoms with Crippen LogP contribution in [0.25, 0.3) is 0 Å². The molecule has 0 spiro atoms. The summed E-state index contributed by atoms with van der Waals surface area (Å²) in [6.45, 7) is 5.74. The van der Waals surface area contributed by atoms with Crippen LogP contribution in [0.2, 0.25) is 0 Å². The average Bonchev–Trinajstić information content (AvgIpc) is 3.14. The van der Waals surface area contributed by atoms with Crippen LogP contribution in [0.15, 0.2) is 48.5 Å². The second-order valence-corrected chi connectivity index (χ2v) is 8.30. The van der Waals surface area contributed by atoms with Crippen molar-refractivity contribution in [3.05, 3.63) is 59.7 Å². The number of nitrogens with zero attached hydrogens (tertiary/aromatic N) is 3. The lowest BCUT2D eigenvalue weighted by molar-refractivity contribution is -0.122. The molecule has 33 heavy (non-hydrogen) atoms. The van der Waals surface area contributed by atoms with Crippen molar-refractivity contribution in [3.63, 3.8) is 0 Å². The smallest absolute Gasteiger partial charge is 0.257 e. The standard InChI is InChI=1S/C25H29N3O5/c1-18-3-7-20(8-4-18)28-23(29)17-22(25(28)31)27(12-11-26-13-15-33-16-14-26)24(30)19-5-9-21(32-2)10-6-19/h3-10,22H,11-17H2,1-2H3. The van der Waals surface area contributed by atoms with Crippen LogP contribution >= 0.6 is 0 Å². The number of carbonyl (C=O) groups is 3. The van der Waals surface area contributed by atoms with E-state index in [1.165, 1.54) is 4.90 Å². The molecule has 2 aliphatic heterocycles. The fraction of sp³-hybridized carbons (Fsp3) is 0.400. The largest absolute Gasteiger partial charge is 0.497 e. The van der Waals surface area contributed by atoms with Crippen molar-refractivity contribution in [1.82, 2.24) is 9.80 Å². The molecule has 0 N–H and O–H groups in total. The van der Waals surface area contributed by atoms with Crippen molar-refractivity contribution in [2.24, 2.45) is 0 Å². The highest BCUT2D eigenvalue weighted by Gasteiger charge is 2.44. The van der Waals surface area contributed by atoms with E-state index < -0.39 is 6.04 Å². The van der Waals surface area contributed by atoms with Gasteiger partial charge in [0.1, 0.15) is 11.8 Å². The van der Waals surface area contributed by atoms with Gasteiger partial charge in [0.05, 0.1) is 32.4 Å². The van der Waals surface area contributed by atoms with Crippen LogP contribution in [0, 0.1) is 6.92 Å². The maximum Gasteiger partial charge on any atom is 0.257 e. The van der Waals surface area contributed by atoms with E-state index >= 15 is 0 Å². The first kappa shape index (κ1) is 22.9. The maximum absolute atomic E-state index is 13.5. The predicted octanol–water partition coefficient (Wildman–Crippen LogP) is 2.11. The summed E-state index contributed by atoms with van der Waals surface area (Å²) in [6.07, 6.45) is -0.0300. The molecular formula is C25H29N3O5. The van der Waals surface area contributed by atoms with Crippen molar-refractivity contribution in [3.8, 4) is 5.75 Å². The van der Waals surface area contributed by atoms with Gasteiger partial charge in [-0.1, -0.05) is 17.7 Å². The van der Waals surface area contributed by atoms with Crippen LogP contribution in [0.1, 0.15) is 22.3 Å². The molecule has 2 aromatic rings. The van der Waals surface area contributed by atoms with E-state index in [9.17, 15) is 14.4 Å². The Morgan fingerprint density at radius 3 is 2.36 bits per heavy atom. The van der Waals surface area contributed by atoms with Crippen molar-refractivity contribution in [1.29, 1.82) is 0 Å². The number of benzene rings is 2. The fourth-order valence-corrected chi connectivity index (χ4v) is 4.20. The van der Waals surface area contributed by atoms with Gasteiger partial charge in [-0.25, -0.2) is 4.90 Å². The first-order chi connectivity index (χ1) is 16.0. The number of ether oxygens (including phenoxy) is 2. The van der Waals surface area contributed by atoms with Gasteiger partial charge in [0.25, 0.3) is 11.8 Å².